The summed E-state index contributed by atoms with van der Waals surface area (Å²) >= 11 is 1.07. The molecule has 1 aromatic carbocycles. The van der Waals surface area contributed by atoms with E-state index in [2.05, 4.69) is 10.3 Å². The molecule has 0 saturated heterocycles. The lowest BCUT2D eigenvalue weighted by Crippen LogP contribution is -2.15. The Hall–Kier alpha value is -2.28. The Balaban J connectivity index is 2.01. The second kappa shape index (κ2) is 5.57. The highest BCUT2D eigenvalue weighted by atomic mass is 32.1. The molecule has 2 rings (SSSR count). The minimum absolute atomic E-state index is 0.0857. The number of carbonyl (C=O) groups is 2. The summed E-state index contributed by atoms with van der Waals surface area (Å²) < 4.78 is 13.3. The Bertz CT molecular complexity index is 627. The number of rotatable bonds is 4. The largest absolute Gasteiger partial charge is 0.476 e. The number of benzene rings is 1. The van der Waals surface area contributed by atoms with Gasteiger partial charge in [0, 0.05) is 5.38 Å². The van der Waals surface area contributed by atoms with Gasteiger partial charge < -0.3 is 10.4 Å². The van der Waals surface area contributed by atoms with Crippen molar-refractivity contribution in [3.8, 4) is 0 Å². The molecule has 0 spiro atoms. The van der Waals surface area contributed by atoms with Gasteiger partial charge in [0.05, 0.1) is 12.1 Å². The third-order valence-electron chi connectivity index (χ3n) is 2.23. The van der Waals surface area contributed by atoms with Crippen LogP contribution in [0.15, 0.2) is 29.6 Å². The van der Waals surface area contributed by atoms with Gasteiger partial charge in [0.2, 0.25) is 5.91 Å². The number of para-hydroxylation sites is 1. The average Bonchev–Trinajstić information content (AvgIpc) is 2.80. The van der Waals surface area contributed by atoms with E-state index in [1.807, 2.05) is 0 Å². The van der Waals surface area contributed by atoms with Gasteiger partial charge >= 0.3 is 5.97 Å². The van der Waals surface area contributed by atoms with Crippen molar-refractivity contribution in [2.75, 3.05) is 5.32 Å². The summed E-state index contributed by atoms with van der Waals surface area (Å²) in [5, 5.41) is 12.8. The van der Waals surface area contributed by atoms with Crippen molar-refractivity contribution >= 4 is 28.9 Å². The number of anilines is 1. The van der Waals surface area contributed by atoms with Crippen LogP contribution in [0.3, 0.4) is 0 Å². The Kier molecular flexibility index (Phi) is 3.86. The molecule has 1 heterocycles. The number of amides is 1. The molecule has 0 fully saturated rings. The molecule has 19 heavy (non-hydrogen) atoms. The summed E-state index contributed by atoms with van der Waals surface area (Å²) in [4.78, 5) is 26.1. The van der Waals surface area contributed by atoms with E-state index >= 15 is 0 Å². The van der Waals surface area contributed by atoms with Crippen LogP contribution in [0.1, 0.15) is 15.5 Å². The lowest BCUT2D eigenvalue weighted by Gasteiger charge is -2.04. The zero-order chi connectivity index (χ0) is 13.8. The molecule has 0 aliphatic rings. The molecule has 2 aromatic rings. The summed E-state index contributed by atoms with van der Waals surface area (Å²) in [5.41, 5.74) is -0.0128. The van der Waals surface area contributed by atoms with Gasteiger partial charge in [0.25, 0.3) is 0 Å². The van der Waals surface area contributed by atoms with Crippen molar-refractivity contribution in [3.05, 3.63) is 46.2 Å². The van der Waals surface area contributed by atoms with Crippen LogP contribution in [-0.4, -0.2) is 22.0 Å². The van der Waals surface area contributed by atoms with E-state index in [1.165, 1.54) is 23.6 Å². The third-order valence-corrected chi connectivity index (χ3v) is 3.08. The summed E-state index contributed by atoms with van der Waals surface area (Å²) in [6.45, 7) is 0. The number of aromatic nitrogens is 1. The molecule has 0 unspecified atom stereocenters. The normalized spacial score (nSPS) is 10.2. The second-order valence-corrected chi connectivity index (χ2v) is 4.58. The Morgan fingerprint density at radius 1 is 1.37 bits per heavy atom. The van der Waals surface area contributed by atoms with Crippen molar-refractivity contribution < 1.29 is 19.1 Å². The van der Waals surface area contributed by atoms with E-state index in [-0.39, 0.29) is 17.8 Å². The van der Waals surface area contributed by atoms with Crippen molar-refractivity contribution in [3.63, 3.8) is 0 Å². The molecule has 7 heteroatoms. The van der Waals surface area contributed by atoms with E-state index in [1.54, 1.807) is 6.07 Å². The quantitative estimate of drug-likeness (QED) is 0.899. The number of hydrogen-bond donors (Lipinski definition) is 2. The fourth-order valence-electron chi connectivity index (χ4n) is 1.38. The van der Waals surface area contributed by atoms with Gasteiger partial charge in [-0.05, 0) is 12.1 Å². The predicted molar refractivity (Wildman–Crippen MR) is 67.8 cm³/mol. The summed E-state index contributed by atoms with van der Waals surface area (Å²) in [7, 11) is 0. The van der Waals surface area contributed by atoms with Gasteiger partial charge in [0.15, 0.2) is 5.69 Å². The topological polar surface area (TPSA) is 79.3 Å². The maximum Gasteiger partial charge on any atom is 0.355 e. The van der Waals surface area contributed by atoms with E-state index in [9.17, 15) is 14.0 Å². The molecular formula is C12H9FN2O3S. The van der Waals surface area contributed by atoms with Gasteiger partial charge in [-0.1, -0.05) is 12.1 Å². The third kappa shape index (κ3) is 3.35. The number of halogens is 1. The van der Waals surface area contributed by atoms with E-state index in [0.29, 0.717) is 5.01 Å². The van der Waals surface area contributed by atoms with Crippen LogP contribution in [0, 0.1) is 5.82 Å². The lowest BCUT2D eigenvalue weighted by molar-refractivity contribution is -0.115. The Labute approximate surface area is 111 Å². The fourth-order valence-corrected chi connectivity index (χ4v) is 2.15. The van der Waals surface area contributed by atoms with Gasteiger partial charge in [-0.25, -0.2) is 14.2 Å². The first-order chi connectivity index (χ1) is 9.06. The highest BCUT2D eigenvalue weighted by Gasteiger charge is 2.12. The first-order valence-electron chi connectivity index (χ1n) is 5.28. The maximum absolute atomic E-state index is 13.3. The number of nitrogens with one attached hydrogen (secondary N) is 1. The molecule has 1 amide bonds. The summed E-state index contributed by atoms with van der Waals surface area (Å²) in [6, 6.07) is 5.80. The van der Waals surface area contributed by atoms with Gasteiger partial charge in [-0.2, -0.15) is 0 Å². The molecule has 5 nitrogen and oxygen atoms in total. The number of aromatic carboxylic acids is 1. The molecular weight excluding hydrogens is 271 g/mol. The summed E-state index contributed by atoms with van der Waals surface area (Å²) in [5.74, 6) is -2.12. The van der Waals surface area contributed by atoms with Crippen molar-refractivity contribution in [2.24, 2.45) is 0 Å². The number of thiazole rings is 1. The van der Waals surface area contributed by atoms with Crippen LogP contribution in [-0.2, 0) is 11.2 Å². The molecule has 0 radical (unpaired) electrons. The molecule has 0 atom stereocenters. The van der Waals surface area contributed by atoms with E-state index in [0.717, 1.165) is 11.3 Å². The van der Waals surface area contributed by atoms with Crippen LogP contribution >= 0.6 is 11.3 Å². The molecule has 0 aliphatic carbocycles. The maximum atomic E-state index is 13.3. The minimum Gasteiger partial charge on any atom is -0.476 e. The highest BCUT2D eigenvalue weighted by Crippen LogP contribution is 2.14. The first-order valence-corrected chi connectivity index (χ1v) is 6.16. The van der Waals surface area contributed by atoms with Crippen LogP contribution < -0.4 is 5.32 Å². The Morgan fingerprint density at radius 3 is 2.74 bits per heavy atom. The van der Waals surface area contributed by atoms with Gasteiger partial charge in [-0.3, -0.25) is 4.79 Å². The monoisotopic (exact) mass is 280 g/mol. The molecule has 98 valence electrons. The smallest absolute Gasteiger partial charge is 0.355 e. The molecule has 2 N–H and O–H groups in total. The van der Waals surface area contributed by atoms with Crippen LogP contribution in [0.2, 0.25) is 0 Å². The average molecular weight is 280 g/mol. The van der Waals surface area contributed by atoms with Gasteiger partial charge in [-0.15, -0.1) is 11.3 Å². The van der Waals surface area contributed by atoms with Crippen molar-refractivity contribution in [1.29, 1.82) is 0 Å². The van der Waals surface area contributed by atoms with E-state index in [4.69, 9.17) is 5.11 Å². The number of nitrogens with zero attached hydrogens (tertiary/aromatic N) is 1. The lowest BCUT2D eigenvalue weighted by atomic mass is 10.3. The first kappa shape index (κ1) is 13.2. The van der Waals surface area contributed by atoms with E-state index < -0.39 is 17.7 Å². The van der Waals surface area contributed by atoms with Crippen LogP contribution in [0.4, 0.5) is 10.1 Å². The number of carboxylic acid groups (broad SMARTS) is 1. The standard InChI is InChI=1S/C12H9FN2O3S/c13-7-3-1-2-4-8(7)14-10(16)5-11-15-9(6-19-11)12(17)18/h1-4,6H,5H2,(H,14,16)(H,17,18). The summed E-state index contributed by atoms with van der Waals surface area (Å²) in [6.07, 6.45) is -0.0910. The van der Waals surface area contributed by atoms with Crippen LogP contribution in [0.25, 0.3) is 0 Å². The molecule has 0 aliphatic heterocycles. The zero-order valence-corrected chi connectivity index (χ0v) is 10.4. The molecule has 0 bridgehead atoms. The van der Waals surface area contributed by atoms with Crippen molar-refractivity contribution in [1.82, 2.24) is 4.98 Å². The number of carbonyl (C=O) groups excluding carboxylic acids is 1. The number of carboxylic acids is 1. The Morgan fingerprint density at radius 2 is 2.11 bits per heavy atom. The SMILES string of the molecule is O=C(Cc1nc(C(=O)O)cs1)Nc1ccccc1F. The fraction of sp³-hybridized carbons (Fsp3) is 0.0833. The minimum atomic E-state index is -1.14. The van der Waals surface area contributed by atoms with Crippen molar-refractivity contribution in [2.45, 2.75) is 6.42 Å². The highest BCUT2D eigenvalue weighted by molar-refractivity contribution is 7.09. The molecule has 1 aromatic heterocycles. The number of hydrogen-bond acceptors (Lipinski definition) is 4. The van der Waals surface area contributed by atoms with Gasteiger partial charge in [0.1, 0.15) is 10.8 Å². The second-order valence-electron chi connectivity index (χ2n) is 3.64. The predicted octanol–water partition coefficient (Wildman–Crippen LogP) is 2.16. The van der Waals surface area contributed by atoms with Crippen LogP contribution in [0.5, 0.6) is 0 Å². The zero-order valence-electron chi connectivity index (χ0n) is 9.59. The molecule has 0 saturated carbocycles.